The molecule has 1 heterocycles. The van der Waals surface area contributed by atoms with Crippen molar-refractivity contribution in [1.29, 1.82) is 0 Å². The Morgan fingerprint density at radius 2 is 2.25 bits per heavy atom. The predicted octanol–water partition coefficient (Wildman–Crippen LogP) is 2.14. The fourth-order valence-corrected chi connectivity index (χ4v) is 1.29. The van der Waals surface area contributed by atoms with Crippen LogP contribution in [0.4, 0.5) is 11.4 Å². The second kappa shape index (κ2) is 5.89. The Hall–Kier alpha value is -1.85. The van der Waals surface area contributed by atoms with Crippen molar-refractivity contribution in [1.82, 2.24) is 4.98 Å². The van der Waals surface area contributed by atoms with Gasteiger partial charge in [0, 0.05) is 0 Å². The molecule has 0 saturated carbocycles. The maximum absolute atomic E-state index is 10.7. The van der Waals surface area contributed by atoms with Gasteiger partial charge in [0.05, 0.1) is 23.9 Å². The van der Waals surface area contributed by atoms with Gasteiger partial charge in [0.15, 0.2) is 0 Å². The third-order valence-electron chi connectivity index (χ3n) is 2.10. The van der Waals surface area contributed by atoms with Crippen LogP contribution in [0.5, 0.6) is 5.75 Å². The standard InChI is InChI=1S/C10H15N3O3/c1-2-3-4-5-16-9-7-12-6-8(11)10(9)13(14)15/h6-7H,2-5,11H2,1H3. The highest BCUT2D eigenvalue weighted by atomic mass is 16.6. The smallest absolute Gasteiger partial charge is 0.336 e. The molecule has 0 saturated heterocycles. The van der Waals surface area contributed by atoms with Gasteiger partial charge < -0.3 is 10.5 Å². The number of anilines is 1. The van der Waals surface area contributed by atoms with E-state index < -0.39 is 4.92 Å². The van der Waals surface area contributed by atoms with E-state index in [9.17, 15) is 10.1 Å². The van der Waals surface area contributed by atoms with Gasteiger partial charge in [0.25, 0.3) is 0 Å². The summed E-state index contributed by atoms with van der Waals surface area (Å²) in [6.07, 6.45) is 5.53. The normalized spacial score (nSPS) is 10.1. The van der Waals surface area contributed by atoms with Crippen molar-refractivity contribution in [3.8, 4) is 5.75 Å². The lowest BCUT2D eigenvalue weighted by Crippen LogP contribution is -2.03. The summed E-state index contributed by atoms with van der Waals surface area (Å²) in [6, 6.07) is 0. The number of hydrogen-bond donors (Lipinski definition) is 1. The van der Waals surface area contributed by atoms with Crippen molar-refractivity contribution in [3.05, 3.63) is 22.5 Å². The van der Waals surface area contributed by atoms with Crippen molar-refractivity contribution < 1.29 is 9.66 Å². The van der Waals surface area contributed by atoms with Crippen LogP contribution in [-0.2, 0) is 0 Å². The summed E-state index contributed by atoms with van der Waals surface area (Å²) in [4.78, 5) is 14.0. The largest absolute Gasteiger partial charge is 0.486 e. The molecular formula is C10H15N3O3. The zero-order chi connectivity index (χ0) is 12.0. The van der Waals surface area contributed by atoms with E-state index in [1.54, 1.807) is 0 Å². The minimum atomic E-state index is -0.549. The lowest BCUT2D eigenvalue weighted by molar-refractivity contribution is -0.385. The van der Waals surface area contributed by atoms with Crippen molar-refractivity contribution in [2.24, 2.45) is 0 Å². The molecule has 88 valence electrons. The van der Waals surface area contributed by atoms with Crippen LogP contribution in [0.3, 0.4) is 0 Å². The molecule has 0 aliphatic heterocycles. The summed E-state index contributed by atoms with van der Waals surface area (Å²) in [5.74, 6) is 0.140. The van der Waals surface area contributed by atoms with Gasteiger partial charge in [0.1, 0.15) is 5.69 Å². The molecule has 0 bridgehead atoms. The summed E-state index contributed by atoms with van der Waals surface area (Å²) in [7, 11) is 0. The van der Waals surface area contributed by atoms with E-state index in [2.05, 4.69) is 11.9 Å². The second-order valence-corrected chi connectivity index (χ2v) is 3.39. The first-order chi connectivity index (χ1) is 7.66. The molecule has 0 unspecified atom stereocenters. The lowest BCUT2D eigenvalue weighted by Gasteiger charge is -2.06. The van der Waals surface area contributed by atoms with E-state index in [-0.39, 0.29) is 17.1 Å². The van der Waals surface area contributed by atoms with Gasteiger partial charge in [0.2, 0.25) is 5.75 Å². The van der Waals surface area contributed by atoms with E-state index in [1.807, 2.05) is 0 Å². The number of nitrogens with zero attached hydrogens (tertiary/aromatic N) is 2. The Bertz CT molecular complexity index is 368. The van der Waals surface area contributed by atoms with E-state index in [0.717, 1.165) is 19.3 Å². The molecule has 0 fully saturated rings. The topological polar surface area (TPSA) is 91.3 Å². The van der Waals surface area contributed by atoms with Crippen LogP contribution in [0.15, 0.2) is 12.4 Å². The van der Waals surface area contributed by atoms with Crippen LogP contribution in [0, 0.1) is 10.1 Å². The number of pyridine rings is 1. The summed E-state index contributed by atoms with van der Waals surface area (Å²) in [5, 5.41) is 10.7. The maximum atomic E-state index is 10.7. The Morgan fingerprint density at radius 1 is 1.50 bits per heavy atom. The van der Waals surface area contributed by atoms with Gasteiger partial charge in [-0.2, -0.15) is 0 Å². The number of hydrogen-bond acceptors (Lipinski definition) is 5. The number of aromatic nitrogens is 1. The van der Waals surface area contributed by atoms with Crippen molar-refractivity contribution in [3.63, 3.8) is 0 Å². The maximum Gasteiger partial charge on any atom is 0.336 e. The van der Waals surface area contributed by atoms with Crippen molar-refractivity contribution in [2.45, 2.75) is 26.2 Å². The van der Waals surface area contributed by atoms with Crippen LogP contribution in [0.2, 0.25) is 0 Å². The van der Waals surface area contributed by atoms with Crippen LogP contribution < -0.4 is 10.5 Å². The highest BCUT2D eigenvalue weighted by molar-refractivity contribution is 5.63. The van der Waals surface area contributed by atoms with Gasteiger partial charge in [-0.05, 0) is 6.42 Å². The predicted molar refractivity (Wildman–Crippen MR) is 60.3 cm³/mol. The number of nitrogen functional groups attached to an aromatic ring is 1. The second-order valence-electron chi connectivity index (χ2n) is 3.39. The molecule has 1 aromatic heterocycles. The first kappa shape index (κ1) is 12.2. The average molecular weight is 225 g/mol. The summed E-state index contributed by atoms with van der Waals surface area (Å²) in [5.41, 5.74) is 5.29. The van der Waals surface area contributed by atoms with Crippen LogP contribution in [-0.4, -0.2) is 16.5 Å². The number of unbranched alkanes of at least 4 members (excludes halogenated alkanes) is 2. The number of nitrogens with two attached hydrogens (primary N) is 1. The Kier molecular flexibility index (Phi) is 4.50. The highest BCUT2D eigenvalue weighted by Gasteiger charge is 2.19. The summed E-state index contributed by atoms with van der Waals surface area (Å²) >= 11 is 0. The SMILES string of the molecule is CCCCCOc1cncc(N)c1[N+](=O)[O-]. The zero-order valence-corrected chi connectivity index (χ0v) is 9.18. The van der Waals surface area contributed by atoms with Crippen LogP contribution >= 0.6 is 0 Å². The zero-order valence-electron chi connectivity index (χ0n) is 9.18. The molecule has 0 spiro atoms. The summed E-state index contributed by atoms with van der Waals surface area (Å²) < 4.78 is 5.30. The van der Waals surface area contributed by atoms with Crippen molar-refractivity contribution in [2.75, 3.05) is 12.3 Å². The van der Waals surface area contributed by atoms with Gasteiger partial charge in [-0.15, -0.1) is 0 Å². The van der Waals surface area contributed by atoms with Gasteiger partial charge in [-0.25, -0.2) is 0 Å². The first-order valence-corrected chi connectivity index (χ1v) is 5.17. The Balaban J connectivity index is 2.71. The minimum Gasteiger partial charge on any atom is -0.486 e. The molecule has 16 heavy (non-hydrogen) atoms. The van der Waals surface area contributed by atoms with E-state index in [4.69, 9.17) is 10.5 Å². The lowest BCUT2D eigenvalue weighted by atomic mass is 10.3. The van der Waals surface area contributed by atoms with Crippen molar-refractivity contribution >= 4 is 11.4 Å². The van der Waals surface area contributed by atoms with Gasteiger partial charge >= 0.3 is 5.69 Å². The van der Waals surface area contributed by atoms with E-state index >= 15 is 0 Å². The molecule has 0 aliphatic carbocycles. The molecule has 6 heteroatoms. The molecule has 2 N–H and O–H groups in total. The molecule has 6 nitrogen and oxygen atoms in total. The van der Waals surface area contributed by atoms with Gasteiger partial charge in [-0.1, -0.05) is 19.8 Å². The van der Waals surface area contributed by atoms with Crippen LogP contribution in [0.1, 0.15) is 26.2 Å². The quantitative estimate of drug-likeness (QED) is 0.455. The first-order valence-electron chi connectivity index (χ1n) is 5.17. The fourth-order valence-electron chi connectivity index (χ4n) is 1.29. The molecule has 0 atom stereocenters. The van der Waals surface area contributed by atoms with E-state index in [0.29, 0.717) is 6.61 Å². The highest BCUT2D eigenvalue weighted by Crippen LogP contribution is 2.31. The molecular weight excluding hydrogens is 210 g/mol. The Labute approximate surface area is 93.6 Å². The number of rotatable bonds is 6. The monoisotopic (exact) mass is 225 g/mol. The minimum absolute atomic E-state index is 0.0259. The third-order valence-corrected chi connectivity index (χ3v) is 2.10. The molecule has 0 radical (unpaired) electrons. The molecule has 0 amide bonds. The van der Waals surface area contributed by atoms with Crippen LogP contribution in [0.25, 0.3) is 0 Å². The molecule has 0 aliphatic rings. The third kappa shape index (κ3) is 3.08. The molecule has 1 aromatic rings. The molecule has 1 rings (SSSR count). The Morgan fingerprint density at radius 3 is 2.88 bits per heavy atom. The number of nitro groups is 1. The summed E-state index contributed by atoms with van der Waals surface area (Å²) in [6.45, 7) is 2.52. The fraction of sp³-hybridized carbons (Fsp3) is 0.500. The van der Waals surface area contributed by atoms with E-state index in [1.165, 1.54) is 12.4 Å². The average Bonchev–Trinajstić information content (AvgIpc) is 2.24. The number of ether oxygens (including phenoxy) is 1. The molecule has 0 aromatic carbocycles. The van der Waals surface area contributed by atoms with Gasteiger partial charge in [-0.3, -0.25) is 15.1 Å².